The summed E-state index contributed by atoms with van der Waals surface area (Å²) in [5, 5.41) is 1.32. The molecule has 30 heavy (non-hydrogen) atoms. The SMILES string of the molecule is CC[C@H]1CCC[N+]2=C1c1[nH]c3ccccc3c1C(CCC(=O)OC)C2.[O-][Cl+3]([O-])([O-])[O-]. The van der Waals surface area contributed by atoms with Gasteiger partial charge in [0, 0.05) is 41.1 Å². The number of carbonyl (C=O) groups is 1. The second-order valence-electron chi connectivity index (χ2n) is 7.73. The van der Waals surface area contributed by atoms with E-state index >= 15 is 0 Å². The van der Waals surface area contributed by atoms with Crippen molar-refractivity contribution in [3.63, 3.8) is 0 Å². The molecular formula is C21H27ClN2O6. The Hall–Kier alpha value is -1.97. The highest BCUT2D eigenvalue weighted by Crippen LogP contribution is 2.39. The summed E-state index contributed by atoms with van der Waals surface area (Å²) >= 11 is 0. The zero-order valence-electron chi connectivity index (χ0n) is 17.2. The maximum absolute atomic E-state index is 11.7. The van der Waals surface area contributed by atoms with Gasteiger partial charge in [-0.2, -0.15) is 0 Å². The van der Waals surface area contributed by atoms with Crippen LogP contribution in [0.25, 0.3) is 10.9 Å². The second-order valence-corrected chi connectivity index (χ2v) is 8.48. The Kier molecular flexibility index (Phi) is 7.15. The van der Waals surface area contributed by atoms with Gasteiger partial charge in [0.25, 0.3) is 0 Å². The summed E-state index contributed by atoms with van der Waals surface area (Å²) in [7, 11) is -3.47. The zero-order valence-corrected chi connectivity index (χ0v) is 17.9. The number of hydrogen-bond acceptors (Lipinski definition) is 6. The van der Waals surface area contributed by atoms with Gasteiger partial charge in [-0.05, 0) is 25.3 Å². The highest BCUT2D eigenvalue weighted by atomic mass is 35.7. The Morgan fingerprint density at radius 2 is 1.93 bits per heavy atom. The molecule has 3 heterocycles. The zero-order chi connectivity index (χ0) is 21.9. The van der Waals surface area contributed by atoms with E-state index in [9.17, 15) is 4.79 Å². The second kappa shape index (κ2) is 9.45. The largest absolute Gasteiger partial charge is 0.469 e. The van der Waals surface area contributed by atoms with Crippen LogP contribution in [0.4, 0.5) is 0 Å². The average molecular weight is 439 g/mol. The van der Waals surface area contributed by atoms with Crippen LogP contribution in [-0.4, -0.2) is 41.4 Å². The molecule has 2 aliphatic rings. The molecule has 1 N–H and O–H groups in total. The Morgan fingerprint density at radius 1 is 1.23 bits per heavy atom. The number of rotatable bonds is 4. The molecule has 0 aliphatic carbocycles. The monoisotopic (exact) mass is 438 g/mol. The fraction of sp³-hybridized carbons (Fsp3) is 0.524. The quantitative estimate of drug-likeness (QED) is 0.484. The first-order chi connectivity index (χ1) is 14.2. The summed E-state index contributed by atoms with van der Waals surface area (Å²) < 4.78 is 41.4. The molecule has 1 aromatic heterocycles. The van der Waals surface area contributed by atoms with Crippen molar-refractivity contribution < 1.29 is 43.0 Å². The summed E-state index contributed by atoms with van der Waals surface area (Å²) in [6.07, 6.45) is 5.07. The van der Waals surface area contributed by atoms with E-state index in [-0.39, 0.29) is 5.97 Å². The molecule has 0 fully saturated rings. The molecule has 164 valence electrons. The molecule has 2 atom stereocenters. The lowest BCUT2D eigenvalue weighted by molar-refractivity contribution is -2.00. The topological polar surface area (TPSA) is 137 Å². The molecular weight excluding hydrogens is 412 g/mol. The van der Waals surface area contributed by atoms with Crippen LogP contribution in [0.2, 0.25) is 0 Å². The molecule has 2 aliphatic heterocycles. The summed E-state index contributed by atoms with van der Waals surface area (Å²) in [6, 6.07) is 8.59. The minimum Gasteiger partial charge on any atom is -0.469 e. The van der Waals surface area contributed by atoms with Crippen molar-refractivity contribution in [2.24, 2.45) is 5.92 Å². The van der Waals surface area contributed by atoms with Crippen LogP contribution in [0.15, 0.2) is 24.3 Å². The number of aromatic nitrogens is 1. The van der Waals surface area contributed by atoms with Crippen molar-refractivity contribution in [3.05, 3.63) is 35.5 Å². The lowest BCUT2D eigenvalue weighted by Crippen LogP contribution is -2.68. The number of H-pyrrole nitrogens is 1. The fourth-order valence-corrected chi connectivity index (χ4v) is 4.77. The molecule has 0 amide bonds. The van der Waals surface area contributed by atoms with E-state index in [1.807, 2.05) is 0 Å². The number of para-hydroxylation sites is 1. The standard InChI is InChI=1S/C21H26N2O2.ClHO4/c1-3-14-7-6-12-23-13-15(10-11-18(24)25-2)19-16-8-4-5-9-17(16)22-20(19)21(14)23;2-1(3,4)5/h4-5,8-9,14-15H,3,6-7,10-13H2,1-2H3;(H,2,3,4,5)/t14-,15?;/m0./s1. The minimum absolute atomic E-state index is 0.110. The van der Waals surface area contributed by atoms with Crippen molar-refractivity contribution >= 4 is 22.6 Å². The van der Waals surface area contributed by atoms with Crippen molar-refractivity contribution in [2.75, 3.05) is 20.2 Å². The maximum Gasteiger partial charge on any atom is 0.305 e. The van der Waals surface area contributed by atoms with Gasteiger partial charge in [-0.15, -0.1) is 10.2 Å². The van der Waals surface area contributed by atoms with E-state index in [1.54, 1.807) is 0 Å². The first-order valence-electron chi connectivity index (χ1n) is 10.1. The molecule has 0 saturated carbocycles. The third-order valence-corrected chi connectivity index (χ3v) is 5.98. The van der Waals surface area contributed by atoms with Crippen LogP contribution in [-0.2, 0) is 9.53 Å². The first-order valence-corrected chi connectivity index (χ1v) is 11.4. The molecule has 4 rings (SSSR count). The van der Waals surface area contributed by atoms with Gasteiger partial charge in [0.1, 0.15) is 18.8 Å². The number of ether oxygens (including phenoxy) is 1. The summed E-state index contributed by atoms with van der Waals surface area (Å²) in [5.41, 5.74) is 5.47. The molecule has 0 radical (unpaired) electrons. The van der Waals surface area contributed by atoms with E-state index < -0.39 is 10.2 Å². The summed E-state index contributed by atoms with van der Waals surface area (Å²) in [4.78, 5) is 15.4. The highest BCUT2D eigenvalue weighted by molar-refractivity contribution is 6.05. The summed E-state index contributed by atoms with van der Waals surface area (Å²) in [5.74, 6) is 0.910. The number of esters is 1. The van der Waals surface area contributed by atoms with Crippen LogP contribution in [0.5, 0.6) is 0 Å². The average Bonchev–Trinajstić information content (AvgIpc) is 3.09. The highest BCUT2D eigenvalue weighted by Gasteiger charge is 2.40. The number of carbonyl (C=O) groups excluding carboxylic acids is 1. The lowest BCUT2D eigenvalue weighted by Gasteiger charge is -2.29. The van der Waals surface area contributed by atoms with Crippen molar-refractivity contribution in [1.82, 2.24) is 4.98 Å². The van der Waals surface area contributed by atoms with E-state index in [0.717, 1.165) is 19.5 Å². The van der Waals surface area contributed by atoms with Gasteiger partial charge in [0.05, 0.1) is 7.11 Å². The smallest absolute Gasteiger partial charge is 0.305 e. The molecule has 8 nitrogen and oxygen atoms in total. The normalized spacial score (nSPS) is 20.9. The predicted octanol–water partition coefficient (Wildman–Crippen LogP) is -0.916. The number of fused-ring (bicyclic) bond motifs is 4. The Morgan fingerprint density at radius 3 is 2.60 bits per heavy atom. The summed E-state index contributed by atoms with van der Waals surface area (Å²) in [6.45, 7) is 4.46. The minimum atomic E-state index is -4.94. The van der Waals surface area contributed by atoms with E-state index in [2.05, 4.69) is 40.7 Å². The van der Waals surface area contributed by atoms with E-state index in [1.165, 1.54) is 54.2 Å². The molecule has 9 heteroatoms. The van der Waals surface area contributed by atoms with Crippen LogP contribution >= 0.6 is 0 Å². The Balaban J connectivity index is 0.000000461. The molecule has 1 aromatic carbocycles. The number of nitrogens with zero attached hydrogens (tertiary/aromatic N) is 1. The van der Waals surface area contributed by atoms with Crippen molar-refractivity contribution in [1.29, 1.82) is 0 Å². The number of halogens is 1. The molecule has 2 aromatic rings. The molecule has 0 spiro atoms. The molecule has 1 unspecified atom stereocenters. The van der Waals surface area contributed by atoms with Crippen LogP contribution < -0.4 is 18.6 Å². The van der Waals surface area contributed by atoms with E-state index in [4.69, 9.17) is 23.4 Å². The number of benzene rings is 1. The third-order valence-electron chi connectivity index (χ3n) is 5.98. The van der Waals surface area contributed by atoms with Crippen molar-refractivity contribution in [3.8, 4) is 0 Å². The first kappa shape index (κ1) is 22.7. The molecule has 0 bridgehead atoms. The van der Waals surface area contributed by atoms with Crippen LogP contribution in [0.1, 0.15) is 56.2 Å². The number of nitrogens with one attached hydrogen (secondary N) is 1. The van der Waals surface area contributed by atoms with Gasteiger partial charge in [0.2, 0.25) is 5.71 Å². The van der Waals surface area contributed by atoms with Crippen LogP contribution in [0.3, 0.4) is 0 Å². The number of aromatic amines is 1. The van der Waals surface area contributed by atoms with Gasteiger partial charge in [-0.1, -0.05) is 25.1 Å². The van der Waals surface area contributed by atoms with Gasteiger partial charge >= 0.3 is 5.97 Å². The Labute approximate surface area is 177 Å². The van der Waals surface area contributed by atoms with Crippen molar-refractivity contribution in [2.45, 2.75) is 44.9 Å². The molecule has 0 saturated heterocycles. The predicted molar refractivity (Wildman–Crippen MR) is 99.4 cm³/mol. The fourth-order valence-electron chi connectivity index (χ4n) is 4.77. The Bertz CT molecular complexity index is 927. The van der Waals surface area contributed by atoms with Gasteiger partial charge < -0.3 is 9.72 Å². The third kappa shape index (κ3) is 5.19. The van der Waals surface area contributed by atoms with E-state index in [0.29, 0.717) is 18.3 Å². The van der Waals surface area contributed by atoms with Gasteiger partial charge in [-0.25, -0.2) is 23.2 Å². The van der Waals surface area contributed by atoms with Gasteiger partial charge in [0.15, 0.2) is 0 Å². The lowest BCUT2D eigenvalue weighted by atomic mass is 9.81. The van der Waals surface area contributed by atoms with Gasteiger partial charge in [-0.3, -0.25) is 4.79 Å². The number of methoxy groups -OCH3 is 1. The van der Waals surface area contributed by atoms with Crippen LogP contribution in [0, 0.1) is 16.2 Å². The number of hydrogen-bond donors (Lipinski definition) is 1. The maximum atomic E-state index is 11.7.